The first-order valence-corrected chi connectivity index (χ1v) is 5.27. The summed E-state index contributed by atoms with van der Waals surface area (Å²) in [5.41, 5.74) is 8.62. The second-order valence-corrected chi connectivity index (χ2v) is 3.20. The molecule has 0 amide bonds. The van der Waals surface area contributed by atoms with Gasteiger partial charge in [-0.2, -0.15) is 5.26 Å². The summed E-state index contributed by atoms with van der Waals surface area (Å²) in [6, 6.07) is 7.50. The van der Waals surface area contributed by atoms with E-state index in [1.54, 1.807) is 18.3 Å². The van der Waals surface area contributed by atoms with Crippen molar-refractivity contribution in [3.63, 3.8) is 0 Å². The molecular formula is C13H15N3. The Morgan fingerprint density at radius 2 is 2.00 bits per heavy atom. The molecule has 3 nitrogen and oxygen atoms in total. The van der Waals surface area contributed by atoms with Crippen LogP contribution in [0.4, 0.5) is 5.69 Å². The van der Waals surface area contributed by atoms with Crippen molar-refractivity contribution in [3.8, 4) is 6.07 Å². The molecule has 3 heteroatoms. The zero-order chi connectivity index (χ0) is 12.1. The number of rotatable bonds is 0. The zero-order valence-electron chi connectivity index (χ0n) is 9.78. The predicted octanol–water partition coefficient (Wildman–Crippen LogP) is 3.02. The number of aryl methyl sites for hydroxylation is 1. The highest BCUT2D eigenvalue weighted by Gasteiger charge is 2.03. The topological polar surface area (TPSA) is 62.7 Å². The minimum atomic E-state index is 0.484. The number of hydrogen-bond acceptors (Lipinski definition) is 3. The Hall–Kier alpha value is -2.08. The van der Waals surface area contributed by atoms with E-state index in [1.165, 1.54) is 0 Å². The number of benzene rings is 1. The summed E-state index contributed by atoms with van der Waals surface area (Å²) in [5, 5.41) is 9.80. The largest absolute Gasteiger partial charge is 0.398 e. The number of nitrogens with two attached hydrogens (primary N) is 1. The molecule has 2 N–H and O–H groups in total. The average molecular weight is 213 g/mol. The van der Waals surface area contributed by atoms with Gasteiger partial charge in [0.15, 0.2) is 0 Å². The van der Waals surface area contributed by atoms with Gasteiger partial charge < -0.3 is 5.73 Å². The van der Waals surface area contributed by atoms with Crippen LogP contribution < -0.4 is 5.73 Å². The van der Waals surface area contributed by atoms with Crippen molar-refractivity contribution in [1.82, 2.24) is 4.98 Å². The third-order valence-electron chi connectivity index (χ3n) is 2.25. The van der Waals surface area contributed by atoms with E-state index < -0.39 is 0 Å². The van der Waals surface area contributed by atoms with Gasteiger partial charge in [-0.15, -0.1) is 0 Å². The molecule has 0 bridgehead atoms. The monoisotopic (exact) mass is 213 g/mol. The lowest BCUT2D eigenvalue weighted by atomic mass is 10.1. The highest BCUT2D eigenvalue weighted by Crippen LogP contribution is 2.22. The fraction of sp³-hybridized carbons (Fsp3) is 0.231. The maximum absolute atomic E-state index is 8.82. The second-order valence-electron chi connectivity index (χ2n) is 3.20. The van der Waals surface area contributed by atoms with Gasteiger partial charge in [0.25, 0.3) is 0 Å². The number of anilines is 1. The van der Waals surface area contributed by atoms with E-state index in [4.69, 9.17) is 11.0 Å². The zero-order valence-corrected chi connectivity index (χ0v) is 9.78. The van der Waals surface area contributed by atoms with Crippen LogP contribution in [0, 0.1) is 18.3 Å². The molecule has 0 saturated heterocycles. The molecule has 0 aliphatic carbocycles. The Morgan fingerprint density at radius 3 is 2.62 bits per heavy atom. The van der Waals surface area contributed by atoms with Crippen molar-refractivity contribution in [2.24, 2.45) is 0 Å². The summed E-state index contributed by atoms with van der Waals surface area (Å²) in [5.74, 6) is 0. The van der Waals surface area contributed by atoms with Crippen LogP contribution in [0.15, 0.2) is 24.4 Å². The minimum Gasteiger partial charge on any atom is -0.398 e. The highest BCUT2D eigenvalue weighted by molar-refractivity contribution is 5.87. The van der Waals surface area contributed by atoms with Crippen molar-refractivity contribution < 1.29 is 0 Å². The number of fused-ring (bicyclic) bond motifs is 1. The maximum Gasteiger partial charge on any atom is 0.101 e. The van der Waals surface area contributed by atoms with Crippen LogP contribution >= 0.6 is 0 Å². The Bertz CT molecular complexity index is 539. The lowest BCUT2D eigenvalue weighted by Gasteiger charge is -2.03. The fourth-order valence-corrected chi connectivity index (χ4v) is 1.44. The smallest absolute Gasteiger partial charge is 0.101 e. The molecule has 1 heterocycles. The Labute approximate surface area is 95.5 Å². The molecule has 16 heavy (non-hydrogen) atoms. The molecular weight excluding hydrogens is 198 g/mol. The first-order chi connectivity index (χ1) is 7.72. The molecule has 0 saturated carbocycles. The summed E-state index contributed by atoms with van der Waals surface area (Å²) >= 11 is 0. The summed E-state index contributed by atoms with van der Waals surface area (Å²) in [6.45, 7) is 5.99. The molecule has 0 aliphatic rings. The van der Waals surface area contributed by atoms with Crippen LogP contribution in [0.2, 0.25) is 0 Å². The summed E-state index contributed by atoms with van der Waals surface area (Å²) in [7, 11) is 0. The van der Waals surface area contributed by atoms with Gasteiger partial charge in [-0.05, 0) is 30.7 Å². The average Bonchev–Trinajstić information content (AvgIpc) is 2.31. The molecule has 0 fully saturated rings. The number of nitrogen functional groups attached to an aromatic ring is 1. The van der Waals surface area contributed by atoms with Crippen molar-refractivity contribution in [1.29, 1.82) is 5.26 Å². The summed E-state index contributed by atoms with van der Waals surface area (Å²) in [6.07, 6.45) is 1.74. The molecule has 0 atom stereocenters. The van der Waals surface area contributed by atoms with E-state index in [0.29, 0.717) is 11.3 Å². The van der Waals surface area contributed by atoms with E-state index in [2.05, 4.69) is 11.1 Å². The molecule has 1 aromatic carbocycles. The summed E-state index contributed by atoms with van der Waals surface area (Å²) in [4.78, 5) is 4.19. The van der Waals surface area contributed by atoms with Gasteiger partial charge in [0.05, 0.1) is 16.8 Å². The van der Waals surface area contributed by atoms with E-state index in [9.17, 15) is 0 Å². The van der Waals surface area contributed by atoms with Gasteiger partial charge in [0.2, 0.25) is 0 Å². The third-order valence-corrected chi connectivity index (χ3v) is 2.25. The van der Waals surface area contributed by atoms with Crippen molar-refractivity contribution in [2.45, 2.75) is 20.8 Å². The molecule has 0 unspecified atom stereocenters. The molecule has 2 rings (SSSR count). The van der Waals surface area contributed by atoms with Crippen molar-refractivity contribution in [2.75, 3.05) is 5.73 Å². The number of pyridine rings is 1. The van der Waals surface area contributed by atoms with Crippen LogP contribution in [0.1, 0.15) is 25.0 Å². The quantitative estimate of drug-likeness (QED) is 0.684. The Kier molecular flexibility index (Phi) is 3.84. The summed E-state index contributed by atoms with van der Waals surface area (Å²) < 4.78 is 0. The molecule has 2 aromatic rings. The Morgan fingerprint density at radius 1 is 1.31 bits per heavy atom. The highest BCUT2D eigenvalue weighted by atomic mass is 14.7. The molecule has 0 spiro atoms. The van der Waals surface area contributed by atoms with Gasteiger partial charge in [-0.3, -0.25) is 4.98 Å². The van der Waals surface area contributed by atoms with Crippen LogP contribution in [0.25, 0.3) is 10.9 Å². The van der Waals surface area contributed by atoms with Crippen molar-refractivity contribution >= 4 is 16.6 Å². The lowest BCUT2D eigenvalue weighted by Crippen LogP contribution is -1.92. The van der Waals surface area contributed by atoms with Crippen LogP contribution in [-0.2, 0) is 0 Å². The Balaban J connectivity index is 0.000000606. The number of nitriles is 1. The normalized spacial score (nSPS) is 9.12. The number of hydrogen-bond donors (Lipinski definition) is 1. The lowest BCUT2D eigenvalue weighted by molar-refractivity contribution is 1.36. The van der Waals surface area contributed by atoms with Gasteiger partial charge in [0, 0.05) is 11.6 Å². The molecule has 82 valence electrons. The van der Waals surface area contributed by atoms with Crippen LogP contribution in [0.5, 0.6) is 0 Å². The predicted molar refractivity (Wildman–Crippen MR) is 67.0 cm³/mol. The van der Waals surface area contributed by atoms with E-state index >= 15 is 0 Å². The van der Waals surface area contributed by atoms with E-state index in [1.807, 2.05) is 26.8 Å². The standard InChI is InChI=1S/C11H9N3.C2H6/c1-7-2-3-14-11-5-10(13)8(6-12)4-9(7)11;1-2/h2-5H,13H2,1H3;1-2H3. The van der Waals surface area contributed by atoms with Gasteiger partial charge in [-0.1, -0.05) is 13.8 Å². The number of aromatic nitrogens is 1. The van der Waals surface area contributed by atoms with Gasteiger partial charge in [0.1, 0.15) is 6.07 Å². The maximum atomic E-state index is 8.82. The van der Waals surface area contributed by atoms with Crippen LogP contribution in [0.3, 0.4) is 0 Å². The van der Waals surface area contributed by atoms with E-state index in [-0.39, 0.29) is 0 Å². The van der Waals surface area contributed by atoms with Crippen LogP contribution in [-0.4, -0.2) is 4.98 Å². The molecule has 0 radical (unpaired) electrons. The van der Waals surface area contributed by atoms with Gasteiger partial charge in [-0.25, -0.2) is 0 Å². The second kappa shape index (κ2) is 5.13. The van der Waals surface area contributed by atoms with E-state index in [0.717, 1.165) is 16.5 Å². The first kappa shape index (κ1) is 12.0. The first-order valence-electron chi connectivity index (χ1n) is 5.27. The SMILES string of the molecule is CC.Cc1ccnc2cc(N)c(C#N)cc12. The van der Waals surface area contributed by atoms with Crippen molar-refractivity contribution in [3.05, 3.63) is 35.5 Å². The molecule has 0 aliphatic heterocycles. The molecule has 1 aromatic heterocycles. The fourth-order valence-electron chi connectivity index (χ4n) is 1.44. The number of nitrogens with zero attached hydrogens (tertiary/aromatic N) is 2. The minimum absolute atomic E-state index is 0.484. The van der Waals surface area contributed by atoms with Gasteiger partial charge >= 0.3 is 0 Å². The third kappa shape index (κ3) is 2.12.